The van der Waals surface area contributed by atoms with Crippen LogP contribution in [-0.2, 0) is 38.2 Å². The molecule has 0 aromatic heterocycles. The summed E-state index contributed by atoms with van der Waals surface area (Å²) in [5.41, 5.74) is 10.3. The highest BCUT2D eigenvalue weighted by Crippen LogP contribution is 2.04. The van der Waals surface area contributed by atoms with Crippen LogP contribution in [0.2, 0.25) is 0 Å². The fraction of sp³-hybridized carbons (Fsp3) is 0.627. The maximum atomic E-state index is 10.2. The average molecular weight is 989 g/mol. The van der Waals surface area contributed by atoms with Crippen molar-refractivity contribution in [2.45, 2.75) is 155 Å². The van der Waals surface area contributed by atoms with Crippen molar-refractivity contribution in [3.05, 3.63) is 72.8 Å². The van der Waals surface area contributed by atoms with E-state index in [2.05, 4.69) is 24.5 Å². The summed E-state index contributed by atoms with van der Waals surface area (Å²) in [6.07, 6.45) is 13.4. The topological polar surface area (TPSA) is 315 Å². The molecule has 18 heteroatoms. The second-order valence-corrected chi connectivity index (χ2v) is 9.71. The van der Waals surface area contributed by atoms with Crippen LogP contribution in [0.25, 0.3) is 0 Å². The van der Waals surface area contributed by atoms with Crippen LogP contribution in [-0.4, -0.2) is 117 Å². The average Bonchev–Trinajstić information content (AvgIpc) is 3.41. The Hall–Kier alpha value is -5.88. The van der Waals surface area contributed by atoms with Gasteiger partial charge in [-0.05, 0) is 64.5 Å². The van der Waals surface area contributed by atoms with Gasteiger partial charge in [-0.1, -0.05) is 156 Å². The zero-order chi connectivity index (χ0) is 56.9. The van der Waals surface area contributed by atoms with Crippen molar-refractivity contribution in [3.8, 4) is 6.26 Å². The summed E-state index contributed by atoms with van der Waals surface area (Å²) in [6.45, 7) is 29.6. The first-order valence-electron chi connectivity index (χ1n) is 23.6. The number of ether oxygens (including phenoxy) is 2. The van der Waals surface area contributed by atoms with Gasteiger partial charge in [0.2, 0.25) is 18.2 Å². The van der Waals surface area contributed by atoms with Crippen LogP contribution in [0.1, 0.15) is 155 Å². The van der Waals surface area contributed by atoms with Crippen LogP contribution in [0.3, 0.4) is 0 Å². The number of carboxylic acids is 2. The van der Waals surface area contributed by atoms with E-state index in [4.69, 9.17) is 56.3 Å². The Morgan fingerprint density at radius 3 is 1.04 bits per heavy atom. The molecule has 0 aliphatic carbocycles. The van der Waals surface area contributed by atoms with E-state index in [1.54, 1.807) is 6.26 Å². The van der Waals surface area contributed by atoms with Crippen molar-refractivity contribution in [1.29, 1.82) is 5.26 Å². The molecule has 0 saturated carbocycles. The molecule has 1 fully saturated rings. The molecule has 18 nitrogen and oxygen atoms in total. The van der Waals surface area contributed by atoms with Crippen molar-refractivity contribution in [3.63, 3.8) is 0 Å². The number of carboxylic acid groups (broad SMARTS) is 2. The maximum absolute atomic E-state index is 10.2. The Morgan fingerprint density at radius 2 is 0.884 bits per heavy atom. The maximum Gasteiger partial charge on any atom is 0.305 e. The number of rotatable bonds is 11. The van der Waals surface area contributed by atoms with Gasteiger partial charge in [0.1, 0.15) is 6.61 Å². The number of carbonyl (C=O) groups excluding carboxylic acids is 4. The van der Waals surface area contributed by atoms with E-state index in [9.17, 15) is 9.59 Å². The number of benzene rings is 2. The fourth-order valence-corrected chi connectivity index (χ4v) is 2.37. The number of aliphatic hydroxyl groups excluding tert-OH is 2. The fourth-order valence-electron chi connectivity index (χ4n) is 2.37. The van der Waals surface area contributed by atoms with Gasteiger partial charge in [-0.15, -0.1) is 0 Å². The zero-order valence-electron chi connectivity index (χ0n) is 45.7. The third-order valence-corrected chi connectivity index (χ3v) is 4.67. The smallest absolute Gasteiger partial charge is 0.305 e. The van der Waals surface area contributed by atoms with E-state index < -0.39 is 11.9 Å². The van der Waals surface area contributed by atoms with Crippen LogP contribution in [0.15, 0.2) is 87.8 Å². The SMILES string of the molecule is CC.CC.CC.CC.CC.CC.CC(=O)O.CC(=O)O.CN=C=O.CN=C=O.N#COCCCCN=C=O.NCCCCN.O=C1CCCCO1.OCCCCO.c1ccccc1.c1ccccc1. The summed E-state index contributed by atoms with van der Waals surface area (Å²) >= 11 is 0. The first-order chi connectivity index (χ1) is 33.4. The highest BCUT2D eigenvalue weighted by Gasteiger charge is 2.06. The number of carbonyl (C=O) groups is 3. The first kappa shape index (κ1) is 97.0. The minimum atomic E-state index is -0.833. The lowest BCUT2D eigenvalue weighted by Crippen LogP contribution is -2.10. The molecule has 1 saturated heterocycles. The van der Waals surface area contributed by atoms with Crippen molar-refractivity contribution < 1.29 is 58.7 Å². The summed E-state index contributed by atoms with van der Waals surface area (Å²) in [7, 11) is 2.76. The number of aliphatic carboxylic acids is 2. The van der Waals surface area contributed by atoms with E-state index in [-0.39, 0.29) is 19.2 Å². The van der Waals surface area contributed by atoms with Crippen LogP contribution < -0.4 is 11.5 Å². The highest BCUT2D eigenvalue weighted by molar-refractivity contribution is 5.69. The number of cyclic esters (lactones) is 1. The van der Waals surface area contributed by atoms with Gasteiger partial charge in [-0.25, -0.2) is 29.4 Å². The van der Waals surface area contributed by atoms with Gasteiger partial charge in [-0.3, -0.25) is 14.4 Å². The second kappa shape index (κ2) is 144. The summed E-state index contributed by atoms with van der Waals surface area (Å²) in [6, 6.07) is 24.0. The molecular formula is C51H100N6O12. The molecule has 1 heterocycles. The predicted octanol–water partition coefficient (Wildman–Crippen LogP) is 10.4. The monoisotopic (exact) mass is 989 g/mol. The standard InChI is InChI=1S/C6H8N2O2.2C6H6.C5H8O2.C4H12N2.C4H10O2.2C2H3NO.2C2H4O2.6C2H6/c7-5-10-4-2-1-3-8-6-9;2*1-2-4-6-5-3-1;6-5-3-1-2-4-7-5;2*5-3-1-2-4-6;2*1-3-2-4;2*1-2(3)4;6*1-2/h1-4H2;2*1-6H;1-4H2;1-6H2;5-6H,1-4H2;2*1H3;2*1H3,(H,3,4);6*1-2H3. The van der Waals surface area contributed by atoms with E-state index in [0.717, 1.165) is 78.3 Å². The third-order valence-electron chi connectivity index (χ3n) is 4.67. The highest BCUT2D eigenvalue weighted by atomic mass is 16.5. The van der Waals surface area contributed by atoms with Crippen molar-refractivity contribution in [2.75, 3.05) is 60.2 Å². The molecule has 1 aliphatic heterocycles. The van der Waals surface area contributed by atoms with Crippen molar-refractivity contribution in [1.82, 2.24) is 0 Å². The number of isocyanates is 3. The van der Waals surface area contributed by atoms with Crippen LogP contribution >= 0.6 is 0 Å². The van der Waals surface area contributed by atoms with Crippen molar-refractivity contribution >= 4 is 36.1 Å². The number of nitrogens with zero attached hydrogens (tertiary/aromatic N) is 4. The largest absolute Gasteiger partial charge is 0.481 e. The summed E-state index contributed by atoms with van der Waals surface area (Å²) in [4.78, 5) is 64.7. The minimum Gasteiger partial charge on any atom is -0.481 e. The molecule has 2 aromatic carbocycles. The number of esters is 1. The molecule has 0 radical (unpaired) electrons. The lowest BCUT2D eigenvalue weighted by molar-refractivity contribution is -0.146. The lowest BCUT2D eigenvalue weighted by atomic mass is 10.2. The molecule has 8 N–H and O–H groups in total. The summed E-state index contributed by atoms with van der Waals surface area (Å²) in [5.74, 6) is -1.70. The van der Waals surface area contributed by atoms with Gasteiger partial charge in [0, 0.05) is 47.6 Å². The van der Waals surface area contributed by atoms with E-state index in [1.807, 2.05) is 156 Å². The molecule has 0 atom stereocenters. The first-order valence-corrected chi connectivity index (χ1v) is 23.6. The zero-order valence-corrected chi connectivity index (χ0v) is 45.7. The number of hydrogen-bond donors (Lipinski definition) is 6. The number of hydrogen-bond acceptors (Lipinski definition) is 16. The van der Waals surface area contributed by atoms with Crippen LogP contribution in [0, 0.1) is 11.5 Å². The normalized spacial score (nSPS) is 7.96. The molecule has 406 valence electrons. The molecule has 0 bridgehead atoms. The Balaban J connectivity index is -0.0000000452. The Morgan fingerprint density at radius 1 is 0.594 bits per heavy atom. The molecular weight excluding hydrogens is 889 g/mol. The molecule has 2 aromatic rings. The molecule has 0 spiro atoms. The van der Waals surface area contributed by atoms with Gasteiger partial charge >= 0.3 is 5.97 Å². The molecule has 0 unspecified atom stereocenters. The Bertz CT molecular complexity index is 1110. The summed E-state index contributed by atoms with van der Waals surface area (Å²) < 4.78 is 9.02. The molecule has 1 aliphatic rings. The van der Waals surface area contributed by atoms with Gasteiger partial charge in [0.25, 0.3) is 18.2 Å². The number of nitrogens with two attached hydrogens (primary N) is 2. The summed E-state index contributed by atoms with van der Waals surface area (Å²) in [5, 5.41) is 38.9. The Kier molecular flexibility index (Phi) is 203. The van der Waals surface area contributed by atoms with E-state index >= 15 is 0 Å². The van der Waals surface area contributed by atoms with Crippen LogP contribution in [0.4, 0.5) is 0 Å². The molecule has 3 rings (SSSR count). The number of aliphatic hydroxyl groups is 2. The number of nitriles is 1. The van der Waals surface area contributed by atoms with Gasteiger partial charge < -0.3 is 41.4 Å². The van der Waals surface area contributed by atoms with Gasteiger partial charge in [0.05, 0.1) is 13.2 Å². The quantitative estimate of drug-likeness (QED) is 0.0401. The van der Waals surface area contributed by atoms with Gasteiger partial charge in [-0.2, -0.15) is 5.26 Å². The second-order valence-electron chi connectivity index (χ2n) is 9.71. The molecule has 69 heavy (non-hydrogen) atoms. The number of unbranched alkanes of at least 4 members (excludes halogenated alkanes) is 3. The van der Waals surface area contributed by atoms with E-state index in [1.165, 1.54) is 32.3 Å². The number of aliphatic imine (C=N–C) groups is 3. The van der Waals surface area contributed by atoms with E-state index in [0.29, 0.717) is 26.2 Å². The minimum absolute atomic E-state index is 0.0359. The third kappa shape index (κ3) is 265. The van der Waals surface area contributed by atoms with Crippen LogP contribution in [0.5, 0.6) is 0 Å². The Labute approximate surface area is 419 Å². The lowest BCUT2D eigenvalue weighted by Gasteiger charge is -2.08. The van der Waals surface area contributed by atoms with Crippen molar-refractivity contribution in [2.24, 2.45) is 26.4 Å². The predicted molar refractivity (Wildman–Crippen MR) is 285 cm³/mol. The molecule has 0 amide bonds. The van der Waals surface area contributed by atoms with Gasteiger partial charge in [0.15, 0.2) is 0 Å².